The smallest absolute Gasteiger partial charge is 0.303 e. The van der Waals surface area contributed by atoms with Crippen molar-refractivity contribution in [2.45, 2.75) is 83.5 Å². The summed E-state index contributed by atoms with van der Waals surface area (Å²) in [4.78, 5) is 10.3. The molecule has 0 heterocycles. The van der Waals surface area contributed by atoms with Crippen molar-refractivity contribution in [3.63, 3.8) is 0 Å². The fourth-order valence-electron chi connectivity index (χ4n) is 2.22. The third-order valence-electron chi connectivity index (χ3n) is 3.39. The van der Waals surface area contributed by atoms with Crippen LogP contribution in [0, 0.1) is 0 Å². The van der Waals surface area contributed by atoms with Crippen LogP contribution in [-0.4, -0.2) is 17.6 Å². The summed E-state index contributed by atoms with van der Waals surface area (Å²) in [6, 6.07) is 0. The molecule has 0 spiro atoms. The SMILES string of the molecule is [Cl-].[NH3+]CCCCCCCCCCCCCCC(=O)O. The van der Waals surface area contributed by atoms with Gasteiger partial charge in [-0.1, -0.05) is 57.8 Å². The van der Waals surface area contributed by atoms with Crippen molar-refractivity contribution in [1.82, 2.24) is 0 Å². The minimum absolute atomic E-state index is 0. The molecule has 0 aliphatic carbocycles. The third kappa shape index (κ3) is 20.2. The lowest BCUT2D eigenvalue weighted by atomic mass is 10.0. The van der Waals surface area contributed by atoms with Gasteiger partial charge >= 0.3 is 5.97 Å². The second-order valence-corrected chi connectivity index (χ2v) is 5.24. The van der Waals surface area contributed by atoms with Crippen molar-refractivity contribution in [3.05, 3.63) is 0 Å². The van der Waals surface area contributed by atoms with E-state index >= 15 is 0 Å². The van der Waals surface area contributed by atoms with Gasteiger partial charge in [-0.25, -0.2) is 0 Å². The van der Waals surface area contributed by atoms with E-state index in [1.165, 1.54) is 64.2 Å². The fraction of sp³-hybridized carbons (Fsp3) is 0.933. The highest BCUT2D eigenvalue weighted by Crippen LogP contribution is 2.12. The van der Waals surface area contributed by atoms with Gasteiger partial charge in [0.2, 0.25) is 0 Å². The number of carboxylic acid groups (broad SMARTS) is 1. The first kappa shape index (κ1) is 21.0. The van der Waals surface area contributed by atoms with E-state index in [2.05, 4.69) is 5.73 Å². The lowest BCUT2D eigenvalue weighted by Gasteiger charge is -2.02. The number of unbranched alkanes of at least 4 members (excludes halogenated alkanes) is 11. The zero-order valence-electron chi connectivity index (χ0n) is 12.3. The van der Waals surface area contributed by atoms with E-state index in [0.717, 1.165) is 19.4 Å². The molecule has 116 valence electrons. The van der Waals surface area contributed by atoms with E-state index in [1.807, 2.05) is 0 Å². The van der Waals surface area contributed by atoms with Gasteiger partial charge in [-0.3, -0.25) is 4.79 Å². The van der Waals surface area contributed by atoms with Crippen LogP contribution in [0.4, 0.5) is 0 Å². The molecule has 0 aromatic carbocycles. The first-order chi connectivity index (χ1) is 8.77. The Morgan fingerprint density at radius 2 is 1.00 bits per heavy atom. The number of halogens is 1. The highest BCUT2D eigenvalue weighted by molar-refractivity contribution is 5.66. The molecule has 19 heavy (non-hydrogen) atoms. The summed E-state index contributed by atoms with van der Waals surface area (Å²) in [5.41, 5.74) is 3.85. The molecule has 0 bridgehead atoms. The zero-order valence-corrected chi connectivity index (χ0v) is 13.1. The monoisotopic (exact) mass is 293 g/mol. The van der Waals surface area contributed by atoms with E-state index in [0.29, 0.717) is 6.42 Å². The molecule has 3 nitrogen and oxygen atoms in total. The Labute approximate surface area is 124 Å². The first-order valence-corrected chi connectivity index (χ1v) is 7.78. The van der Waals surface area contributed by atoms with Crippen LogP contribution in [0.2, 0.25) is 0 Å². The first-order valence-electron chi connectivity index (χ1n) is 7.78. The standard InChI is InChI=1S/C15H31NO2.ClH/c16-14-12-10-8-6-4-2-1-3-5-7-9-11-13-15(17)18;/h1-14,16H2,(H,17,18);1H. The molecule has 4 N–H and O–H groups in total. The van der Waals surface area contributed by atoms with Gasteiger partial charge in [0.05, 0.1) is 6.54 Å². The normalized spacial score (nSPS) is 10.2. The van der Waals surface area contributed by atoms with Gasteiger partial charge in [-0.2, -0.15) is 0 Å². The minimum atomic E-state index is -0.658. The van der Waals surface area contributed by atoms with Crippen molar-refractivity contribution < 1.29 is 28.0 Å². The molecule has 0 saturated carbocycles. The maximum absolute atomic E-state index is 10.3. The summed E-state index contributed by atoms with van der Waals surface area (Å²) in [6.07, 6.45) is 15.6. The average Bonchev–Trinajstić information content (AvgIpc) is 2.34. The molecule has 0 radical (unpaired) electrons. The lowest BCUT2D eigenvalue weighted by Crippen LogP contribution is -3.00. The molecule has 0 aliphatic rings. The number of rotatable bonds is 14. The van der Waals surface area contributed by atoms with Crippen LogP contribution < -0.4 is 18.1 Å². The molecule has 0 aliphatic heterocycles. The number of quaternary nitrogens is 1. The van der Waals surface area contributed by atoms with Gasteiger partial charge in [0.15, 0.2) is 0 Å². The lowest BCUT2D eigenvalue weighted by molar-refractivity contribution is -0.368. The van der Waals surface area contributed by atoms with Crippen LogP contribution in [-0.2, 0) is 4.79 Å². The summed E-state index contributed by atoms with van der Waals surface area (Å²) in [7, 11) is 0. The van der Waals surface area contributed by atoms with Crippen LogP contribution in [0.15, 0.2) is 0 Å². The quantitative estimate of drug-likeness (QED) is 0.455. The van der Waals surface area contributed by atoms with E-state index in [1.54, 1.807) is 0 Å². The number of hydrogen-bond donors (Lipinski definition) is 2. The highest BCUT2D eigenvalue weighted by atomic mass is 35.5. The van der Waals surface area contributed by atoms with Crippen LogP contribution in [0.25, 0.3) is 0 Å². The van der Waals surface area contributed by atoms with Gasteiger partial charge < -0.3 is 23.2 Å². The summed E-state index contributed by atoms with van der Waals surface area (Å²) in [5, 5.41) is 8.49. The number of carbonyl (C=O) groups is 1. The Morgan fingerprint density at radius 3 is 1.32 bits per heavy atom. The van der Waals surface area contributed by atoms with Gasteiger partial charge in [0.25, 0.3) is 0 Å². The molecular formula is C15H32ClNO2. The Bertz CT molecular complexity index is 189. The maximum atomic E-state index is 10.3. The van der Waals surface area contributed by atoms with Crippen molar-refractivity contribution in [1.29, 1.82) is 0 Å². The predicted molar refractivity (Wildman–Crippen MR) is 75.4 cm³/mol. The Morgan fingerprint density at radius 1 is 0.684 bits per heavy atom. The maximum Gasteiger partial charge on any atom is 0.303 e. The molecule has 0 rings (SSSR count). The molecular weight excluding hydrogens is 262 g/mol. The molecule has 0 saturated heterocycles. The van der Waals surface area contributed by atoms with Crippen LogP contribution in [0.1, 0.15) is 83.5 Å². The van der Waals surface area contributed by atoms with E-state index < -0.39 is 5.97 Å². The van der Waals surface area contributed by atoms with Crippen molar-refractivity contribution in [3.8, 4) is 0 Å². The molecule has 4 heteroatoms. The number of carboxylic acids is 1. The Hall–Kier alpha value is -0.280. The second kappa shape index (κ2) is 17.7. The van der Waals surface area contributed by atoms with Gasteiger partial charge in [-0.05, 0) is 19.3 Å². The second-order valence-electron chi connectivity index (χ2n) is 5.24. The fourth-order valence-corrected chi connectivity index (χ4v) is 2.22. The van der Waals surface area contributed by atoms with Crippen LogP contribution >= 0.6 is 0 Å². The summed E-state index contributed by atoms with van der Waals surface area (Å²) < 4.78 is 0. The molecule has 0 fully saturated rings. The summed E-state index contributed by atoms with van der Waals surface area (Å²) >= 11 is 0. The third-order valence-corrected chi connectivity index (χ3v) is 3.39. The number of hydrogen-bond acceptors (Lipinski definition) is 1. The van der Waals surface area contributed by atoms with E-state index in [-0.39, 0.29) is 12.4 Å². The molecule has 0 unspecified atom stereocenters. The van der Waals surface area contributed by atoms with Crippen LogP contribution in [0.3, 0.4) is 0 Å². The van der Waals surface area contributed by atoms with Crippen molar-refractivity contribution in [2.24, 2.45) is 0 Å². The van der Waals surface area contributed by atoms with Gasteiger partial charge in [0.1, 0.15) is 0 Å². The summed E-state index contributed by atoms with van der Waals surface area (Å²) in [5.74, 6) is -0.658. The Kier molecular flexibility index (Phi) is 19.6. The van der Waals surface area contributed by atoms with Gasteiger partial charge in [-0.15, -0.1) is 0 Å². The topological polar surface area (TPSA) is 64.9 Å². The molecule has 0 atom stereocenters. The van der Waals surface area contributed by atoms with Crippen LogP contribution in [0.5, 0.6) is 0 Å². The average molecular weight is 294 g/mol. The Balaban J connectivity index is 0. The van der Waals surface area contributed by atoms with E-state index in [4.69, 9.17) is 5.11 Å². The molecule has 0 aromatic heterocycles. The minimum Gasteiger partial charge on any atom is -1.00 e. The molecule has 0 amide bonds. The van der Waals surface area contributed by atoms with Crippen molar-refractivity contribution in [2.75, 3.05) is 6.54 Å². The molecule has 0 aromatic rings. The highest BCUT2D eigenvalue weighted by Gasteiger charge is 1.96. The largest absolute Gasteiger partial charge is 1.00 e. The number of aliphatic carboxylic acids is 1. The zero-order chi connectivity index (χ0) is 13.5. The predicted octanol–water partition coefficient (Wildman–Crippen LogP) is 0.388. The van der Waals surface area contributed by atoms with Crippen molar-refractivity contribution >= 4 is 5.97 Å². The van der Waals surface area contributed by atoms with Gasteiger partial charge in [0, 0.05) is 6.42 Å². The summed E-state index contributed by atoms with van der Waals surface area (Å²) in [6.45, 7) is 1.09. The van der Waals surface area contributed by atoms with E-state index in [9.17, 15) is 4.79 Å².